The smallest absolute Gasteiger partial charge is 0.165 e. The largest absolute Gasteiger partial charge is 0.294 e. The van der Waals surface area contributed by atoms with Gasteiger partial charge in [0.25, 0.3) is 0 Å². The summed E-state index contributed by atoms with van der Waals surface area (Å²) in [7, 11) is 0. The van der Waals surface area contributed by atoms with Crippen molar-refractivity contribution in [1.82, 2.24) is 0 Å². The highest BCUT2D eigenvalue weighted by Crippen LogP contribution is 2.31. The summed E-state index contributed by atoms with van der Waals surface area (Å²) in [5, 5.41) is -0.0144. The average molecular weight is 213 g/mol. The van der Waals surface area contributed by atoms with Crippen LogP contribution in [0.5, 0.6) is 0 Å². The maximum atomic E-state index is 13.1. The molecule has 0 aromatic heterocycles. The van der Waals surface area contributed by atoms with E-state index in [4.69, 9.17) is 11.6 Å². The minimum atomic E-state index is -0.506. The Kier molecular flexibility index (Phi) is 2.31. The van der Waals surface area contributed by atoms with Gasteiger partial charge < -0.3 is 0 Å². The van der Waals surface area contributed by atoms with Gasteiger partial charge in [-0.2, -0.15) is 0 Å². The number of rotatable bonds is 0. The number of hydrogen-bond donors (Lipinski definition) is 0. The average Bonchev–Trinajstić information content (AvgIpc) is 2.10. The van der Waals surface area contributed by atoms with Gasteiger partial charge in [0.2, 0.25) is 0 Å². The molecule has 0 heterocycles. The van der Waals surface area contributed by atoms with Crippen molar-refractivity contribution in [3.05, 3.63) is 34.1 Å². The molecule has 0 amide bonds. The third-order valence-corrected chi connectivity index (χ3v) is 2.93. The van der Waals surface area contributed by atoms with E-state index in [0.29, 0.717) is 17.9 Å². The third-order valence-electron chi connectivity index (χ3n) is 2.56. The number of fused-ring (bicyclic) bond motifs is 1. The van der Waals surface area contributed by atoms with E-state index < -0.39 is 5.82 Å². The van der Waals surface area contributed by atoms with Gasteiger partial charge >= 0.3 is 0 Å². The molecule has 0 N–H and O–H groups in total. The maximum absolute atomic E-state index is 13.1. The molecule has 74 valence electrons. The first kappa shape index (κ1) is 9.66. The van der Waals surface area contributed by atoms with E-state index in [9.17, 15) is 9.18 Å². The summed E-state index contributed by atoms with van der Waals surface area (Å²) in [5.74, 6) is -0.215. The van der Waals surface area contributed by atoms with Gasteiger partial charge in [-0.1, -0.05) is 24.6 Å². The van der Waals surface area contributed by atoms with Gasteiger partial charge in [0, 0.05) is 12.0 Å². The summed E-state index contributed by atoms with van der Waals surface area (Å²) in [4.78, 5) is 11.6. The highest BCUT2D eigenvalue weighted by molar-refractivity contribution is 6.34. The molecule has 0 saturated carbocycles. The van der Waals surface area contributed by atoms with Crippen molar-refractivity contribution in [2.75, 3.05) is 0 Å². The number of hydrogen-bond acceptors (Lipinski definition) is 1. The van der Waals surface area contributed by atoms with Crippen LogP contribution in [0.15, 0.2) is 12.1 Å². The van der Waals surface area contributed by atoms with Crippen molar-refractivity contribution in [3.8, 4) is 0 Å². The van der Waals surface area contributed by atoms with Gasteiger partial charge in [0.15, 0.2) is 5.78 Å². The molecule has 0 fully saturated rings. The minimum absolute atomic E-state index is 0.0144. The molecule has 2 rings (SSSR count). The topological polar surface area (TPSA) is 17.1 Å². The summed E-state index contributed by atoms with van der Waals surface area (Å²) in [5.41, 5.74) is 1.27. The molecule has 0 spiro atoms. The molecule has 1 aromatic rings. The zero-order valence-corrected chi connectivity index (χ0v) is 8.57. The van der Waals surface area contributed by atoms with Crippen LogP contribution in [0.3, 0.4) is 0 Å². The Morgan fingerprint density at radius 3 is 2.86 bits per heavy atom. The Morgan fingerprint density at radius 2 is 2.14 bits per heavy atom. The molecule has 0 aliphatic heterocycles. The number of Topliss-reactive ketones (excluding diaryl/α,β-unsaturated/α-hetero) is 1. The molecule has 1 atom stereocenters. The Bertz CT molecular complexity index is 401. The minimum Gasteiger partial charge on any atom is -0.294 e. The monoisotopic (exact) mass is 212 g/mol. The van der Waals surface area contributed by atoms with Gasteiger partial charge in [-0.15, -0.1) is 0 Å². The Labute approximate surface area is 86.9 Å². The molecule has 0 radical (unpaired) electrons. The zero-order valence-electron chi connectivity index (χ0n) is 7.81. The van der Waals surface area contributed by atoms with Crippen LogP contribution in [0.1, 0.15) is 29.3 Å². The second kappa shape index (κ2) is 3.35. The van der Waals surface area contributed by atoms with E-state index in [1.54, 1.807) is 6.07 Å². The first-order valence-electron chi connectivity index (χ1n) is 4.59. The molecule has 1 aliphatic rings. The fourth-order valence-electron chi connectivity index (χ4n) is 1.93. The first-order chi connectivity index (χ1) is 6.59. The molecular weight excluding hydrogens is 203 g/mol. The van der Waals surface area contributed by atoms with Crippen molar-refractivity contribution in [3.63, 3.8) is 0 Å². The number of halogens is 2. The van der Waals surface area contributed by atoms with E-state index in [1.807, 2.05) is 6.92 Å². The van der Waals surface area contributed by atoms with Gasteiger partial charge in [-0.05, 0) is 24.0 Å². The fourth-order valence-corrected chi connectivity index (χ4v) is 2.22. The van der Waals surface area contributed by atoms with E-state index in [0.717, 1.165) is 12.0 Å². The fraction of sp³-hybridized carbons (Fsp3) is 0.364. The molecule has 1 unspecified atom stereocenters. The number of carbonyl (C=O) groups excluding carboxylic acids is 1. The van der Waals surface area contributed by atoms with Gasteiger partial charge in [0.05, 0.1) is 5.02 Å². The van der Waals surface area contributed by atoms with Crippen molar-refractivity contribution >= 4 is 17.4 Å². The maximum Gasteiger partial charge on any atom is 0.165 e. The quantitative estimate of drug-likeness (QED) is 0.645. The summed E-state index contributed by atoms with van der Waals surface area (Å²) in [6, 6.07) is 2.98. The second-order valence-corrected chi connectivity index (χ2v) is 4.21. The van der Waals surface area contributed by atoms with Crippen molar-refractivity contribution in [2.45, 2.75) is 19.8 Å². The van der Waals surface area contributed by atoms with Crippen LogP contribution in [-0.4, -0.2) is 5.78 Å². The standard InChI is InChI=1S/C11H10ClFO/c1-6-4-7-2-3-8(13)11(12)10(7)9(14)5-6/h2-3,6H,4-5H2,1H3. The molecule has 0 bridgehead atoms. The summed E-state index contributed by atoms with van der Waals surface area (Å²) in [6.07, 6.45) is 1.28. The number of carbonyl (C=O) groups is 1. The second-order valence-electron chi connectivity index (χ2n) is 3.83. The van der Waals surface area contributed by atoms with Crippen molar-refractivity contribution in [2.24, 2.45) is 5.92 Å². The first-order valence-corrected chi connectivity index (χ1v) is 4.97. The predicted molar refractivity (Wildman–Crippen MR) is 53.2 cm³/mol. The van der Waals surface area contributed by atoms with E-state index in [1.165, 1.54) is 6.07 Å². The SMILES string of the molecule is CC1CC(=O)c2c(ccc(F)c2Cl)C1. The Hall–Kier alpha value is -0.890. The van der Waals surface area contributed by atoms with E-state index in [2.05, 4.69) is 0 Å². The zero-order chi connectivity index (χ0) is 10.3. The molecule has 1 aromatic carbocycles. The molecule has 0 saturated heterocycles. The van der Waals surface area contributed by atoms with Crippen LogP contribution >= 0.6 is 11.6 Å². The Morgan fingerprint density at radius 1 is 1.43 bits per heavy atom. The van der Waals surface area contributed by atoms with E-state index in [-0.39, 0.29) is 10.8 Å². The predicted octanol–water partition coefficient (Wildman–Crippen LogP) is 3.24. The molecule has 14 heavy (non-hydrogen) atoms. The van der Waals surface area contributed by atoms with Gasteiger partial charge in [0.1, 0.15) is 5.82 Å². The lowest BCUT2D eigenvalue weighted by Crippen LogP contribution is -2.18. The molecule has 1 nitrogen and oxygen atoms in total. The van der Waals surface area contributed by atoms with Crippen LogP contribution in [0, 0.1) is 11.7 Å². The lowest BCUT2D eigenvalue weighted by Gasteiger charge is -2.21. The third kappa shape index (κ3) is 1.44. The summed E-state index contributed by atoms with van der Waals surface area (Å²) < 4.78 is 13.1. The normalized spacial score (nSPS) is 20.8. The van der Waals surface area contributed by atoms with Crippen molar-refractivity contribution in [1.29, 1.82) is 0 Å². The summed E-state index contributed by atoms with van der Waals surface area (Å²) in [6.45, 7) is 2.01. The lowest BCUT2D eigenvalue weighted by molar-refractivity contribution is 0.0953. The van der Waals surface area contributed by atoms with Crippen LogP contribution in [0.4, 0.5) is 4.39 Å². The van der Waals surface area contributed by atoms with E-state index >= 15 is 0 Å². The summed E-state index contributed by atoms with van der Waals surface area (Å²) >= 11 is 5.76. The van der Waals surface area contributed by atoms with Crippen LogP contribution < -0.4 is 0 Å². The number of benzene rings is 1. The highest BCUT2D eigenvalue weighted by atomic mass is 35.5. The van der Waals surface area contributed by atoms with Gasteiger partial charge in [-0.3, -0.25) is 4.79 Å². The molecule has 1 aliphatic carbocycles. The highest BCUT2D eigenvalue weighted by Gasteiger charge is 2.25. The molecular formula is C11H10ClFO. The van der Waals surface area contributed by atoms with Crippen LogP contribution in [0.2, 0.25) is 5.02 Å². The van der Waals surface area contributed by atoms with Crippen LogP contribution in [-0.2, 0) is 6.42 Å². The van der Waals surface area contributed by atoms with Crippen LogP contribution in [0.25, 0.3) is 0 Å². The lowest BCUT2D eigenvalue weighted by atomic mass is 9.84. The number of ketones is 1. The van der Waals surface area contributed by atoms with Crippen molar-refractivity contribution < 1.29 is 9.18 Å². The molecule has 3 heteroatoms. The van der Waals surface area contributed by atoms with Gasteiger partial charge in [-0.25, -0.2) is 4.39 Å². The Balaban J connectivity index is 2.60.